The van der Waals surface area contributed by atoms with E-state index in [0.29, 0.717) is 5.65 Å². The van der Waals surface area contributed by atoms with Crippen LogP contribution in [0.2, 0.25) is 0 Å². The number of H-pyrrole nitrogens is 1. The van der Waals surface area contributed by atoms with E-state index in [2.05, 4.69) is 44.1 Å². The molecular weight excluding hydrogens is 260 g/mol. The van der Waals surface area contributed by atoms with E-state index < -0.39 is 0 Å². The first-order valence-electron chi connectivity index (χ1n) is 5.99. The Balaban J connectivity index is 1.92. The first-order chi connectivity index (χ1) is 9.15. The maximum Gasteiger partial charge on any atom is 0.182 e. The lowest BCUT2D eigenvalue weighted by atomic mass is 10.2. The van der Waals surface area contributed by atoms with Gasteiger partial charge in [0.15, 0.2) is 11.5 Å². The van der Waals surface area contributed by atoms with Gasteiger partial charge in [-0.3, -0.25) is 0 Å². The zero-order chi connectivity index (χ0) is 13.4. The van der Waals surface area contributed by atoms with Crippen LogP contribution in [0.5, 0.6) is 0 Å². The molecule has 3 aromatic heterocycles. The third-order valence-corrected chi connectivity index (χ3v) is 3.83. The zero-order valence-electron chi connectivity index (χ0n) is 10.9. The summed E-state index contributed by atoms with van der Waals surface area (Å²) in [7, 11) is 0. The van der Waals surface area contributed by atoms with Crippen molar-refractivity contribution in [3.63, 3.8) is 0 Å². The van der Waals surface area contributed by atoms with Crippen molar-refractivity contribution in [3.8, 4) is 0 Å². The number of nitrogens with zero attached hydrogens (tertiary/aromatic N) is 4. The largest absolute Gasteiger partial charge is 0.360 e. The van der Waals surface area contributed by atoms with Crippen molar-refractivity contribution in [1.82, 2.24) is 24.9 Å². The zero-order valence-corrected chi connectivity index (χ0v) is 11.7. The maximum absolute atomic E-state index is 4.56. The summed E-state index contributed by atoms with van der Waals surface area (Å²) in [4.78, 5) is 21.3. The van der Waals surface area contributed by atoms with Gasteiger partial charge in [-0.05, 0) is 20.8 Å². The Morgan fingerprint density at radius 1 is 1.26 bits per heavy atom. The van der Waals surface area contributed by atoms with Gasteiger partial charge in [0.05, 0.1) is 23.1 Å². The standard InChI is InChI=1S/C12H14N6S/c1-6(9-7(2)19-8(3)18-9)17-12-10-11(14-4-13-10)15-5-16-12/h4-6H,1-3H3,(H2,13,14,15,16,17)/t6-/m1/s1. The highest BCUT2D eigenvalue weighted by Crippen LogP contribution is 2.26. The number of rotatable bonds is 3. The summed E-state index contributed by atoms with van der Waals surface area (Å²) in [6, 6.07) is 0.0892. The number of aromatic amines is 1. The molecule has 2 N–H and O–H groups in total. The van der Waals surface area contributed by atoms with Crippen LogP contribution in [0.4, 0.5) is 5.82 Å². The van der Waals surface area contributed by atoms with Gasteiger partial charge in [-0.25, -0.2) is 19.9 Å². The van der Waals surface area contributed by atoms with E-state index in [4.69, 9.17) is 0 Å². The maximum atomic E-state index is 4.56. The normalized spacial score (nSPS) is 12.8. The number of nitrogens with one attached hydrogen (secondary N) is 2. The van der Waals surface area contributed by atoms with Gasteiger partial charge < -0.3 is 10.3 Å². The first kappa shape index (κ1) is 12.0. The summed E-state index contributed by atoms with van der Waals surface area (Å²) in [6.07, 6.45) is 3.13. The highest BCUT2D eigenvalue weighted by molar-refractivity contribution is 7.11. The molecule has 19 heavy (non-hydrogen) atoms. The van der Waals surface area contributed by atoms with Gasteiger partial charge in [-0.2, -0.15) is 0 Å². The monoisotopic (exact) mass is 274 g/mol. The number of fused-ring (bicyclic) bond motifs is 1. The molecule has 0 aliphatic carbocycles. The Kier molecular flexibility index (Phi) is 2.90. The van der Waals surface area contributed by atoms with E-state index in [0.717, 1.165) is 22.0 Å². The molecule has 0 fully saturated rings. The molecule has 0 saturated carbocycles. The van der Waals surface area contributed by atoms with Crippen LogP contribution >= 0.6 is 11.3 Å². The molecular formula is C12H14N6S. The molecule has 3 heterocycles. The van der Waals surface area contributed by atoms with Crippen molar-refractivity contribution in [2.24, 2.45) is 0 Å². The topological polar surface area (TPSA) is 79.4 Å². The van der Waals surface area contributed by atoms with Crippen molar-refractivity contribution >= 4 is 28.3 Å². The third-order valence-electron chi connectivity index (χ3n) is 2.93. The van der Waals surface area contributed by atoms with Crippen molar-refractivity contribution in [3.05, 3.63) is 28.2 Å². The van der Waals surface area contributed by atoms with Crippen LogP contribution in [0, 0.1) is 13.8 Å². The predicted octanol–water partition coefficient (Wildman–Crippen LogP) is 2.60. The Labute approximate surface area is 114 Å². The quantitative estimate of drug-likeness (QED) is 0.767. The number of aryl methyl sites for hydroxylation is 2. The Morgan fingerprint density at radius 2 is 2.11 bits per heavy atom. The van der Waals surface area contributed by atoms with Gasteiger partial charge in [0.2, 0.25) is 0 Å². The van der Waals surface area contributed by atoms with Crippen LogP contribution in [-0.4, -0.2) is 24.9 Å². The van der Waals surface area contributed by atoms with E-state index in [1.165, 1.54) is 11.2 Å². The minimum absolute atomic E-state index is 0.0892. The molecule has 0 bridgehead atoms. The fourth-order valence-electron chi connectivity index (χ4n) is 2.09. The molecule has 0 aromatic carbocycles. The summed E-state index contributed by atoms with van der Waals surface area (Å²) in [5.41, 5.74) is 2.55. The lowest BCUT2D eigenvalue weighted by Crippen LogP contribution is -2.10. The first-order valence-corrected chi connectivity index (χ1v) is 6.81. The lowest BCUT2D eigenvalue weighted by molar-refractivity contribution is 0.830. The average molecular weight is 274 g/mol. The van der Waals surface area contributed by atoms with Crippen LogP contribution in [0.25, 0.3) is 11.2 Å². The van der Waals surface area contributed by atoms with E-state index >= 15 is 0 Å². The van der Waals surface area contributed by atoms with E-state index in [1.54, 1.807) is 17.7 Å². The van der Waals surface area contributed by atoms with Gasteiger partial charge in [0.25, 0.3) is 0 Å². The molecule has 3 rings (SSSR count). The summed E-state index contributed by atoms with van der Waals surface area (Å²) in [6.45, 7) is 6.18. The van der Waals surface area contributed by atoms with Crippen LogP contribution in [0.15, 0.2) is 12.7 Å². The second-order valence-electron chi connectivity index (χ2n) is 4.36. The van der Waals surface area contributed by atoms with E-state index in [1.807, 2.05) is 6.92 Å². The SMILES string of the molecule is Cc1nc([C@@H](C)Nc2ncnc3nc[nH]c23)c(C)s1. The van der Waals surface area contributed by atoms with Gasteiger partial charge in [0, 0.05) is 4.88 Å². The van der Waals surface area contributed by atoms with Gasteiger partial charge in [0.1, 0.15) is 11.8 Å². The van der Waals surface area contributed by atoms with E-state index in [-0.39, 0.29) is 6.04 Å². The highest BCUT2D eigenvalue weighted by atomic mass is 32.1. The van der Waals surface area contributed by atoms with Crippen LogP contribution < -0.4 is 5.32 Å². The van der Waals surface area contributed by atoms with Gasteiger partial charge in [-0.15, -0.1) is 11.3 Å². The Morgan fingerprint density at radius 3 is 2.84 bits per heavy atom. The highest BCUT2D eigenvalue weighted by Gasteiger charge is 2.15. The minimum Gasteiger partial charge on any atom is -0.360 e. The summed E-state index contributed by atoms with van der Waals surface area (Å²) in [5.74, 6) is 0.750. The Bertz CT molecular complexity index is 716. The summed E-state index contributed by atoms with van der Waals surface area (Å²) < 4.78 is 0. The molecule has 0 unspecified atom stereocenters. The van der Waals surface area contributed by atoms with Crippen LogP contribution in [0.1, 0.15) is 28.5 Å². The van der Waals surface area contributed by atoms with Crippen LogP contribution in [0.3, 0.4) is 0 Å². The summed E-state index contributed by atoms with van der Waals surface area (Å²) in [5, 5.41) is 4.44. The average Bonchev–Trinajstić information content (AvgIpc) is 2.96. The molecule has 0 saturated heterocycles. The second-order valence-corrected chi connectivity index (χ2v) is 5.77. The third kappa shape index (κ3) is 2.17. The Hall–Kier alpha value is -2.02. The van der Waals surface area contributed by atoms with Crippen molar-refractivity contribution in [1.29, 1.82) is 0 Å². The molecule has 3 aromatic rings. The smallest absolute Gasteiger partial charge is 0.182 e. The van der Waals surface area contributed by atoms with Gasteiger partial charge >= 0.3 is 0 Å². The van der Waals surface area contributed by atoms with E-state index in [9.17, 15) is 0 Å². The fourth-order valence-corrected chi connectivity index (χ4v) is 3.01. The molecule has 6 nitrogen and oxygen atoms in total. The van der Waals surface area contributed by atoms with Crippen molar-refractivity contribution in [2.75, 3.05) is 5.32 Å². The number of imidazole rings is 1. The van der Waals surface area contributed by atoms with Crippen LogP contribution in [-0.2, 0) is 0 Å². The van der Waals surface area contributed by atoms with Crippen molar-refractivity contribution in [2.45, 2.75) is 26.8 Å². The molecule has 0 spiro atoms. The molecule has 7 heteroatoms. The number of aromatic nitrogens is 5. The molecule has 1 atom stereocenters. The van der Waals surface area contributed by atoms with Gasteiger partial charge in [-0.1, -0.05) is 0 Å². The second kappa shape index (κ2) is 4.58. The molecule has 0 radical (unpaired) electrons. The predicted molar refractivity (Wildman–Crippen MR) is 75.3 cm³/mol. The summed E-state index contributed by atoms with van der Waals surface area (Å²) >= 11 is 1.71. The fraction of sp³-hybridized carbons (Fsp3) is 0.333. The molecule has 98 valence electrons. The lowest BCUT2D eigenvalue weighted by Gasteiger charge is -2.13. The number of hydrogen-bond donors (Lipinski definition) is 2. The molecule has 0 aliphatic heterocycles. The number of anilines is 1. The molecule has 0 aliphatic rings. The number of thiazole rings is 1. The van der Waals surface area contributed by atoms with Crippen molar-refractivity contribution < 1.29 is 0 Å². The minimum atomic E-state index is 0.0892. The molecule has 0 amide bonds. The number of hydrogen-bond acceptors (Lipinski definition) is 6.